The van der Waals surface area contributed by atoms with E-state index in [1.165, 1.54) is 44.4 Å². The molecule has 1 nitrogen and oxygen atoms in total. The van der Waals surface area contributed by atoms with Gasteiger partial charge in [0.15, 0.2) is 0 Å². The van der Waals surface area contributed by atoms with E-state index < -0.39 is 0 Å². The van der Waals surface area contributed by atoms with Gasteiger partial charge >= 0.3 is 0 Å². The molecule has 0 bridgehead atoms. The lowest BCUT2D eigenvalue weighted by Crippen LogP contribution is -2.34. The maximum absolute atomic E-state index is 3.78. The molecule has 1 aliphatic heterocycles. The molecule has 0 aromatic heterocycles. The smallest absolute Gasteiger partial charge is 0.0168 e. The fourth-order valence-corrected chi connectivity index (χ4v) is 4.01. The van der Waals surface area contributed by atoms with E-state index in [1.54, 1.807) is 0 Å². The van der Waals surface area contributed by atoms with Crippen molar-refractivity contribution in [1.82, 2.24) is 5.32 Å². The fourth-order valence-electron chi connectivity index (χ4n) is 2.83. The molecular formula is C13H25NS. The number of rotatable bonds is 3. The van der Waals surface area contributed by atoms with Crippen molar-refractivity contribution in [2.45, 2.75) is 57.2 Å². The molecule has 0 aromatic rings. The maximum Gasteiger partial charge on any atom is 0.0168 e. The van der Waals surface area contributed by atoms with Crippen molar-refractivity contribution in [3.8, 4) is 0 Å². The van der Waals surface area contributed by atoms with Crippen molar-refractivity contribution < 1.29 is 0 Å². The van der Waals surface area contributed by atoms with Gasteiger partial charge < -0.3 is 5.32 Å². The lowest BCUT2D eigenvalue weighted by atomic mass is 9.83. The third kappa shape index (κ3) is 3.67. The van der Waals surface area contributed by atoms with E-state index >= 15 is 0 Å². The molecule has 2 rings (SSSR count). The zero-order valence-corrected chi connectivity index (χ0v) is 11.0. The number of hydrogen-bond acceptors (Lipinski definition) is 2. The maximum atomic E-state index is 3.78. The first kappa shape index (κ1) is 11.8. The quantitative estimate of drug-likeness (QED) is 0.794. The van der Waals surface area contributed by atoms with Gasteiger partial charge in [0.25, 0.3) is 0 Å². The molecule has 1 saturated carbocycles. The van der Waals surface area contributed by atoms with Crippen LogP contribution < -0.4 is 5.32 Å². The molecular weight excluding hydrogens is 202 g/mol. The normalized spacial score (nSPS) is 42.0. The van der Waals surface area contributed by atoms with Gasteiger partial charge in [-0.15, -0.1) is 0 Å². The van der Waals surface area contributed by atoms with Crippen LogP contribution in [0.15, 0.2) is 0 Å². The second kappa shape index (κ2) is 5.58. The van der Waals surface area contributed by atoms with E-state index in [-0.39, 0.29) is 0 Å². The summed E-state index contributed by atoms with van der Waals surface area (Å²) >= 11 is 2.13. The molecule has 88 valence electrons. The summed E-state index contributed by atoms with van der Waals surface area (Å²) in [4.78, 5) is 0. The largest absolute Gasteiger partial charge is 0.313 e. The average Bonchev–Trinajstić information content (AvgIpc) is 2.64. The van der Waals surface area contributed by atoms with Crippen molar-refractivity contribution in [2.24, 2.45) is 11.8 Å². The number of thioether (sulfide) groups is 1. The highest BCUT2D eigenvalue weighted by molar-refractivity contribution is 8.00. The molecule has 1 heterocycles. The molecule has 0 radical (unpaired) electrons. The van der Waals surface area contributed by atoms with Crippen molar-refractivity contribution in [2.75, 3.05) is 12.3 Å². The molecule has 1 aliphatic carbocycles. The first-order valence-electron chi connectivity index (χ1n) is 6.59. The lowest BCUT2D eigenvalue weighted by molar-refractivity contribution is 0.275. The highest BCUT2D eigenvalue weighted by Gasteiger charge is 2.23. The van der Waals surface area contributed by atoms with Gasteiger partial charge in [-0.05, 0) is 37.6 Å². The molecule has 2 fully saturated rings. The fraction of sp³-hybridized carbons (Fsp3) is 1.00. The second-order valence-electron chi connectivity index (χ2n) is 5.61. The Kier molecular flexibility index (Phi) is 4.39. The van der Waals surface area contributed by atoms with E-state index in [0.717, 1.165) is 23.1 Å². The summed E-state index contributed by atoms with van der Waals surface area (Å²) in [5.41, 5.74) is 0. The predicted molar refractivity (Wildman–Crippen MR) is 69.4 cm³/mol. The van der Waals surface area contributed by atoms with Gasteiger partial charge in [0.05, 0.1) is 0 Å². The second-order valence-corrected chi connectivity index (χ2v) is 7.08. The van der Waals surface area contributed by atoms with Crippen LogP contribution in [0, 0.1) is 11.8 Å². The molecule has 0 aromatic carbocycles. The molecule has 15 heavy (non-hydrogen) atoms. The van der Waals surface area contributed by atoms with Crippen molar-refractivity contribution >= 4 is 11.8 Å². The topological polar surface area (TPSA) is 12.0 Å². The van der Waals surface area contributed by atoms with Gasteiger partial charge in [-0.3, -0.25) is 0 Å². The van der Waals surface area contributed by atoms with Gasteiger partial charge in [0, 0.05) is 17.0 Å². The first-order chi connectivity index (χ1) is 7.24. The zero-order chi connectivity index (χ0) is 10.7. The molecule has 2 unspecified atom stereocenters. The molecule has 2 atom stereocenters. The summed E-state index contributed by atoms with van der Waals surface area (Å²) < 4.78 is 0. The summed E-state index contributed by atoms with van der Waals surface area (Å²) in [6.45, 7) is 6.04. The molecule has 2 heteroatoms. The van der Waals surface area contributed by atoms with Crippen molar-refractivity contribution in [3.63, 3.8) is 0 Å². The Bertz CT molecular complexity index is 187. The highest BCUT2D eigenvalue weighted by Crippen LogP contribution is 2.29. The van der Waals surface area contributed by atoms with Crippen LogP contribution in [0.25, 0.3) is 0 Å². The van der Waals surface area contributed by atoms with Crippen LogP contribution in [-0.4, -0.2) is 23.6 Å². The number of hydrogen-bond donors (Lipinski definition) is 1. The minimum Gasteiger partial charge on any atom is -0.313 e. The van der Waals surface area contributed by atoms with E-state index in [4.69, 9.17) is 0 Å². The van der Waals surface area contributed by atoms with Gasteiger partial charge in [-0.1, -0.05) is 26.7 Å². The third-order valence-corrected chi connectivity index (χ3v) is 5.39. The summed E-state index contributed by atoms with van der Waals surface area (Å²) in [6, 6.07) is 0.810. The summed E-state index contributed by atoms with van der Waals surface area (Å²) in [6.07, 6.45) is 7.23. The molecule has 0 amide bonds. The summed E-state index contributed by atoms with van der Waals surface area (Å²) in [5.74, 6) is 3.30. The van der Waals surface area contributed by atoms with Gasteiger partial charge in [-0.2, -0.15) is 11.8 Å². The van der Waals surface area contributed by atoms with Crippen LogP contribution in [0.4, 0.5) is 0 Å². The van der Waals surface area contributed by atoms with Crippen LogP contribution in [0.1, 0.15) is 46.0 Å². The van der Waals surface area contributed by atoms with Crippen molar-refractivity contribution in [3.05, 3.63) is 0 Å². The SMILES string of the molecule is CC1CCC(CNC2CSC(C)C2)CC1. The zero-order valence-electron chi connectivity index (χ0n) is 10.2. The Morgan fingerprint density at radius 3 is 2.47 bits per heavy atom. The summed E-state index contributed by atoms with van der Waals surface area (Å²) in [7, 11) is 0. The van der Waals surface area contributed by atoms with Crippen molar-refractivity contribution in [1.29, 1.82) is 0 Å². The van der Waals surface area contributed by atoms with E-state index in [2.05, 4.69) is 30.9 Å². The molecule has 1 saturated heterocycles. The van der Waals surface area contributed by atoms with Gasteiger partial charge in [-0.25, -0.2) is 0 Å². The Morgan fingerprint density at radius 2 is 1.87 bits per heavy atom. The van der Waals surface area contributed by atoms with E-state index in [9.17, 15) is 0 Å². The van der Waals surface area contributed by atoms with Crippen LogP contribution in [0.3, 0.4) is 0 Å². The van der Waals surface area contributed by atoms with E-state index in [1.807, 2.05) is 0 Å². The van der Waals surface area contributed by atoms with Crippen LogP contribution in [-0.2, 0) is 0 Å². The van der Waals surface area contributed by atoms with E-state index in [0.29, 0.717) is 0 Å². The minimum absolute atomic E-state index is 0.810. The van der Waals surface area contributed by atoms with Crippen LogP contribution in [0.2, 0.25) is 0 Å². The van der Waals surface area contributed by atoms with Gasteiger partial charge in [0.2, 0.25) is 0 Å². The highest BCUT2D eigenvalue weighted by atomic mass is 32.2. The summed E-state index contributed by atoms with van der Waals surface area (Å²) in [5, 5.41) is 4.66. The minimum atomic E-state index is 0.810. The molecule has 2 aliphatic rings. The Balaban J connectivity index is 1.61. The average molecular weight is 227 g/mol. The van der Waals surface area contributed by atoms with Gasteiger partial charge in [0.1, 0.15) is 0 Å². The first-order valence-corrected chi connectivity index (χ1v) is 7.64. The number of nitrogens with one attached hydrogen (secondary N) is 1. The molecule has 0 spiro atoms. The predicted octanol–water partition coefficient (Wildman–Crippen LogP) is 3.30. The standard InChI is InChI=1S/C13H25NS/c1-10-3-5-12(6-4-10)8-14-13-7-11(2)15-9-13/h10-14H,3-9H2,1-2H3. The third-order valence-electron chi connectivity index (χ3n) is 4.03. The van der Waals surface area contributed by atoms with Crippen LogP contribution in [0.5, 0.6) is 0 Å². The Hall–Kier alpha value is 0.310. The molecule has 1 N–H and O–H groups in total. The Labute approximate surface area is 98.8 Å². The van der Waals surface area contributed by atoms with Crippen LogP contribution >= 0.6 is 11.8 Å². The lowest BCUT2D eigenvalue weighted by Gasteiger charge is -2.27. The Morgan fingerprint density at radius 1 is 1.13 bits per heavy atom. The monoisotopic (exact) mass is 227 g/mol.